The van der Waals surface area contributed by atoms with Crippen LogP contribution in [0.5, 0.6) is 5.75 Å². The van der Waals surface area contributed by atoms with E-state index in [9.17, 15) is 22.0 Å². The zero-order valence-electron chi connectivity index (χ0n) is 17.1. The molecule has 0 atom stereocenters. The van der Waals surface area contributed by atoms with Crippen molar-refractivity contribution in [2.45, 2.75) is 0 Å². The summed E-state index contributed by atoms with van der Waals surface area (Å²) in [6.07, 6.45) is 1.44. The average Bonchev–Trinajstić information content (AvgIpc) is 2.79. The van der Waals surface area contributed by atoms with Crippen molar-refractivity contribution >= 4 is 10.8 Å². The van der Waals surface area contributed by atoms with Crippen LogP contribution in [0.4, 0.5) is 22.0 Å². The molecule has 0 amide bonds. The zero-order chi connectivity index (χ0) is 23.5. The van der Waals surface area contributed by atoms with Gasteiger partial charge in [0.15, 0.2) is 11.6 Å². The molecule has 0 radical (unpaired) electrons. The number of ether oxygens (including phenoxy) is 1. The first-order valence-corrected chi connectivity index (χ1v) is 9.80. The Morgan fingerprint density at radius 1 is 0.758 bits per heavy atom. The lowest BCUT2D eigenvalue weighted by molar-refractivity contribution is 0.358. The van der Waals surface area contributed by atoms with Crippen LogP contribution >= 0.6 is 0 Å². The van der Waals surface area contributed by atoms with Crippen molar-refractivity contribution in [3.8, 4) is 28.7 Å². The van der Waals surface area contributed by atoms with E-state index in [1.807, 2.05) is 0 Å². The summed E-state index contributed by atoms with van der Waals surface area (Å²) in [5.41, 5.74) is 0.0924. The van der Waals surface area contributed by atoms with Gasteiger partial charge in [0.1, 0.15) is 29.8 Å². The maximum absolute atomic E-state index is 14.6. The van der Waals surface area contributed by atoms with E-state index < -0.39 is 29.1 Å². The lowest BCUT2D eigenvalue weighted by Gasteiger charge is -2.09. The highest BCUT2D eigenvalue weighted by atomic mass is 19.2. The molecule has 0 aliphatic carbocycles. The molecule has 0 heterocycles. The van der Waals surface area contributed by atoms with Gasteiger partial charge in [0.25, 0.3) is 0 Å². The van der Waals surface area contributed by atoms with E-state index in [4.69, 9.17) is 4.74 Å². The molecule has 0 saturated carbocycles. The fourth-order valence-corrected chi connectivity index (χ4v) is 3.32. The third-order valence-corrected chi connectivity index (χ3v) is 4.89. The highest BCUT2D eigenvalue weighted by Gasteiger charge is 2.15. The second-order valence-electron chi connectivity index (χ2n) is 7.10. The molecule has 4 aromatic rings. The molecule has 0 unspecified atom stereocenters. The van der Waals surface area contributed by atoms with Gasteiger partial charge in [-0.3, -0.25) is 0 Å². The van der Waals surface area contributed by atoms with Crippen LogP contribution in [-0.4, -0.2) is 6.61 Å². The molecule has 0 aromatic heterocycles. The standard InChI is InChI=1S/C27H15F5O/c1-2-11-33-20-14-24(30)26(25(31)15-20)19-7-6-17(23(29)13-19)5-3-16-4-9-21-18(12-16)8-10-22(28)27(21)32/h2,4,6-10,12-15H,1,11H2. The Balaban J connectivity index is 1.63. The van der Waals surface area contributed by atoms with Crippen LogP contribution in [0.1, 0.15) is 11.1 Å². The highest BCUT2D eigenvalue weighted by Crippen LogP contribution is 2.31. The molecule has 0 saturated heterocycles. The van der Waals surface area contributed by atoms with E-state index in [2.05, 4.69) is 18.4 Å². The Labute approximate surface area is 186 Å². The van der Waals surface area contributed by atoms with Gasteiger partial charge in [-0.2, -0.15) is 0 Å². The van der Waals surface area contributed by atoms with Crippen LogP contribution in [0.15, 0.2) is 73.3 Å². The molecule has 33 heavy (non-hydrogen) atoms. The Kier molecular flexibility index (Phi) is 6.14. The Morgan fingerprint density at radius 2 is 1.52 bits per heavy atom. The lowest BCUT2D eigenvalue weighted by atomic mass is 10.0. The third kappa shape index (κ3) is 4.58. The highest BCUT2D eigenvalue weighted by molar-refractivity contribution is 5.84. The number of rotatable bonds is 4. The second-order valence-corrected chi connectivity index (χ2v) is 7.10. The van der Waals surface area contributed by atoms with Gasteiger partial charge in [0, 0.05) is 23.1 Å². The van der Waals surface area contributed by atoms with Gasteiger partial charge in [-0.1, -0.05) is 42.7 Å². The minimum atomic E-state index is -0.951. The number of fused-ring (bicyclic) bond motifs is 1. The summed E-state index contributed by atoms with van der Waals surface area (Å²) in [5.74, 6) is 0.948. The number of halogens is 5. The predicted octanol–water partition coefficient (Wildman–Crippen LogP) is 7.17. The number of hydrogen-bond acceptors (Lipinski definition) is 1. The molecular formula is C27H15F5O. The first-order chi connectivity index (χ1) is 15.9. The molecule has 0 aliphatic heterocycles. The van der Waals surface area contributed by atoms with Crippen molar-refractivity contribution in [3.05, 3.63) is 114 Å². The molecular weight excluding hydrogens is 435 g/mol. The molecule has 0 spiro atoms. The van der Waals surface area contributed by atoms with Crippen LogP contribution in [0, 0.1) is 40.9 Å². The monoisotopic (exact) mass is 450 g/mol. The van der Waals surface area contributed by atoms with E-state index in [0.29, 0.717) is 10.9 Å². The summed E-state index contributed by atoms with van der Waals surface area (Å²) in [4.78, 5) is 0. The fourth-order valence-electron chi connectivity index (χ4n) is 3.32. The summed E-state index contributed by atoms with van der Waals surface area (Å²) < 4.78 is 75.8. The van der Waals surface area contributed by atoms with E-state index in [1.54, 1.807) is 6.07 Å². The molecule has 6 heteroatoms. The molecule has 0 fully saturated rings. The van der Waals surface area contributed by atoms with Gasteiger partial charge in [0.2, 0.25) is 0 Å². The first kappa shape index (κ1) is 22.1. The summed E-state index contributed by atoms with van der Waals surface area (Å²) >= 11 is 0. The average molecular weight is 450 g/mol. The van der Waals surface area contributed by atoms with Gasteiger partial charge in [-0.15, -0.1) is 0 Å². The quantitative estimate of drug-likeness (QED) is 0.182. The van der Waals surface area contributed by atoms with Crippen LogP contribution < -0.4 is 4.74 Å². The molecule has 164 valence electrons. The maximum atomic E-state index is 14.6. The van der Waals surface area contributed by atoms with Crippen molar-refractivity contribution in [3.63, 3.8) is 0 Å². The zero-order valence-corrected chi connectivity index (χ0v) is 17.1. The number of hydrogen-bond donors (Lipinski definition) is 0. The van der Waals surface area contributed by atoms with Gasteiger partial charge in [-0.25, -0.2) is 22.0 Å². The summed E-state index contributed by atoms with van der Waals surface area (Å²) in [6, 6.07) is 12.6. The third-order valence-electron chi connectivity index (χ3n) is 4.89. The van der Waals surface area contributed by atoms with Gasteiger partial charge in [-0.05, 0) is 41.3 Å². The molecule has 0 aliphatic rings. The van der Waals surface area contributed by atoms with Gasteiger partial charge in [0.05, 0.1) is 11.1 Å². The summed E-state index contributed by atoms with van der Waals surface area (Å²) in [6.45, 7) is 3.55. The van der Waals surface area contributed by atoms with E-state index in [0.717, 1.165) is 24.3 Å². The van der Waals surface area contributed by atoms with Crippen LogP contribution in [0.2, 0.25) is 0 Å². The second kappa shape index (κ2) is 9.17. The van der Waals surface area contributed by atoms with E-state index in [1.165, 1.54) is 36.4 Å². The van der Waals surface area contributed by atoms with Gasteiger partial charge < -0.3 is 4.74 Å². The molecule has 0 N–H and O–H groups in total. The molecule has 4 aromatic carbocycles. The van der Waals surface area contributed by atoms with Crippen molar-refractivity contribution in [2.24, 2.45) is 0 Å². The molecule has 1 nitrogen and oxygen atoms in total. The van der Waals surface area contributed by atoms with Crippen LogP contribution in [0.3, 0.4) is 0 Å². The molecule has 0 bridgehead atoms. The lowest BCUT2D eigenvalue weighted by Crippen LogP contribution is -1.97. The smallest absolute Gasteiger partial charge is 0.166 e. The minimum Gasteiger partial charge on any atom is -0.489 e. The van der Waals surface area contributed by atoms with Crippen molar-refractivity contribution in [1.82, 2.24) is 0 Å². The maximum Gasteiger partial charge on any atom is 0.166 e. The Morgan fingerprint density at radius 3 is 2.21 bits per heavy atom. The SMILES string of the molecule is C=CCOc1cc(F)c(-c2ccc(C#Cc3ccc4c(F)c(F)ccc4c3)c(F)c2)c(F)c1. The largest absolute Gasteiger partial charge is 0.489 e. The minimum absolute atomic E-state index is 0.00499. The normalized spacial score (nSPS) is 10.6. The molecule has 4 rings (SSSR count). The van der Waals surface area contributed by atoms with Crippen molar-refractivity contribution in [1.29, 1.82) is 0 Å². The Hall–Kier alpha value is -4.11. The summed E-state index contributed by atoms with van der Waals surface area (Å²) in [5, 5.41) is 0.559. The van der Waals surface area contributed by atoms with Crippen molar-refractivity contribution < 1.29 is 26.7 Å². The topological polar surface area (TPSA) is 9.23 Å². The predicted molar refractivity (Wildman–Crippen MR) is 117 cm³/mol. The van der Waals surface area contributed by atoms with Crippen LogP contribution in [0.25, 0.3) is 21.9 Å². The fraction of sp³-hybridized carbons (Fsp3) is 0.0370. The van der Waals surface area contributed by atoms with E-state index >= 15 is 0 Å². The first-order valence-electron chi connectivity index (χ1n) is 9.80. The Bertz CT molecular complexity index is 1420. The number of benzene rings is 4. The van der Waals surface area contributed by atoms with Crippen LogP contribution in [-0.2, 0) is 0 Å². The van der Waals surface area contributed by atoms with Gasteiger partial charge >= 0.3 is 0 Å². The summed E-state index contributed by atoms with van der Waals surface area (Å²) in [7, 11) is 0. The van der Waals surface area contributed by atoms with Crippen molar-refractivity contribution in [2.75, 3.05) is 6.61 Å². The van der Waals surface area contributed by atoms with E-state index in [-0.39, 0.29) is 34.4 Å².